The zero-order valence-corrected chi connectivity index (χ0v) is 16.4. The van der Waals surface area contributed by atoms with E-state index in [2.05, 4.69) is 4.90 Å². The maximum absolute atomic E-state index is 10.8. The highest BCUT2D eigenvalue weighted by molar-refractivity contribution is 6.31. The molecule has 0 spiro atoms. The number of piperazine rings is 1. The van der Waals surface area contributed by atoms with Crippen LogP contribution in [0.3, 0.4) is 0 Å². The Morgan fingerprint density at radius 1 is 0.967 bits per heavy atom. The number of anilines is 3. The molecule has 2 aromatic rings. The standard InChI is InChI=1S/C19H17ClN6O4/c20-13-1-6-16-17(11-13)24(27)18(12-21)19(25(16)28)23-9-7-22(8-10-23)14-2-4-15(5-3-14)26(29)30/h1-6,11,27-28H,7-10H2. The SMILES string of the molecule is N#CC1=C(N2CCN(c3ccc([N+](=O)[O-])cc3)CC2)N(O)c2ccc(Cl)cc2N1O. The predicted octanol–water partition coefficient (Wildman–Crippen LogP) is 3.17. The maximum Gasteiger partial charge on any atom is 0.269 e. The molecule has 1 saturated heterocycles. The third-order valence-electron chi connectivity index (χ3n) is 5.13. The van der Waals surface area contributed by atoms with Crippen molar-refractivity contribution in [2.45, 2.75) is 0 Å². The van der Waals surface area contributed by atoms with Crippen molar-refractivity contribution in [3.63, 3.8) is 0 Å². The Balaban J connectivity index is 1.55. The second kappa shape index (κ2) is 7.72. The second-order valence-corrected chi connectivity index (χ2v) is 7.22. The highest BCUT2D eigenvalue weighted by atomic mass is 35.5. The molecule has 0 radical (unpaired) electrons. The van der Waals surface area contributed by atoms with Gasteiger partial charge >= 0.3 is 0 Å². The van der Waals surface area contributed by atoms with Gasteiger partial charge in [0, 0.05) is 49.0 Å². The minimum Gasteiger partial charge on any atom is -0.368 e. The highest BCUT2D eigenvalue weighted by Gasteiger charge is 2.34. The molecule has 10 nitrogen and oxygen atoms in total. The number of allylic oxidation sites excluding steroid dienone is 1. The van der Waals surface area contributed by atoms with Crippen LogP contribution in [0.5, 0.6) is 0 Å². The van der Waals surface area contributed by atoms with Crippen molar-refractivity contribution in [1.82, 2.24) is 4.90 Å². The Morgan fingerprint density at radius 3 is 2.20 bits per heavy atom. The lowest BCUT2D eigenvalue weighted by molar-refractivity contribution is -0.384. The number of nitro groups is 1. The number of halogens is 1. The summed E-state index contributed by atoms with van der Waals surface area (Å²) >= 11 is 5.98. The average molecular weight is 429 g/mol. The van der Waals surface area contributed by atoms with E-state index in [1.54, 1.807) is 29.2 Å². The van der Waals surface area contributed by atoms with Crippen molar-refractivity contribution in [2.75, 3.05) is 41.2 Å². The molecule has 0 aliphatic carbocycles. The van der Waals surface area contributed by atoms with Gasteiger partial charge in [-0.15, -0.1) is 0 Å². The number of hydrogen-bond donors (Lipinski definition) is 2. The smallest absolute Gasteiger partial charge is 0.269 e. The number of benzene rings is 2. The van der Waals surface area contributed by atoms with Crippen molar-refractivity contribution in [2.24, 2.45) is 0 Å². The van der Waals surface area contributed by atoms with Crippen molar-refractivity contribution >= 4 is 34.4 Å². The molecule has 2 heterocycles. The lowest BCUT2D eigenvalue weighted by Gasteiger charge is -2.43. The largest absolute Gasteiger partial charge is 0.368 e. The van der Waals surface area contributed by atoms with Crippen LogP contribution in [0, 0.1) is 21.4 Å². The predicted molar refractivity (Wildman–Crippen MR) is 110 cm³/mol. The van der Waals surface area contributed by atoms with Crippen LogP contribution in [-0.2, 0) is 0 Å². The van der Waals surface area contributed by atoms with Gasteiger partial charge in [0.25, 0.3) is 5.69 Å². The Bertz CT molecular complexity index is 1060. The molecule has 30 heavy (non-hydrogen) atoms. The first-order valence-corrected chi connectivity index (χ1v) is 9.45. The second-order valence-electron chi connectivity index (χ2n) is 6.79. The number of hydrogen-bond acceptors (Lipinski definition) is 9. The van der Waals surface area contributed by atoms with E-state index in [-0.39, 0.29) is 22.9 Å². The molecule has 2 aliphatic rings. The molecule has 4 rings (SSSR count). The summed E-state index contributed by atoms with van der Waals surface area (Å²) in [6.45, 7) is 2.05. The minimum absolute atomic E-state index is 0.0288. The Morgan fingerprint density at radius 2 is 1.60 bits per heavy atom. The molecule has 154 valence electrons. The van der Waals surface area contributed by atoms with Gasteiger partial charge in [0.2, 0.25) is 0 Å². The van der Waals surface area contributed by atoms with Crippen LogP contribution in [0.15, 0.2) is 54.0 Å². The number of non-ortho nitro benzene ring substituents is 1. The first-order chi connectivity index (χ1) is 14.4. The molecule has 0 bridgehead atoms. The molecule has 0 aromatic heterocycles. The highest BCUT2D eigenvalue weighted by Crippen LogP contribution is 2.40. The van der Waals surface area contributed by atoms with Crippen LogP contribution in [0.2, 0.25) is 5.02 Å². The summed E-state index contributed by atoms with van der Waals surface area (Å²) in [6.07, 6.45) is 0. The number of nitrogens with zero attached hydrogens (tertiary/aromatic N) is 6. The van der Waals surface area contributed by atoms with Gasteiger partial charge in [-0.3, -0.25) is 20.5 Å². The number of fused-ring (bicyclic) bond motifs is 1. The van der Waals surface area contributed by atoms with Crippen LogP contribution >= 0.6 is 11.6 Å². The first kappa shape index (κ1) is 19.8. The van der Waals surface area contributed by atoms with Crippen LogP contribution < -0.4 is 15.0 Å². The number of hydroxylamine groups is 2. The van der Waals surface area contributed by atoms with Crippen molar-refractivity contribution in [3.05, 3.63) is 69.1 Å². The summed E-state index contributed by atoms with van der Waals surface area (Å²) < 4.78 is 0. The normalized spacial score (nSPS) is 16.5. The van der Waals surface area contributed by atoms with Gasteiger partial charge in [-0.25, -0.2) is 10.1 Å². The van der Waals surface area contributed by atoms with Gasteiger partial charge in [-0.1, -0.05) is 11.6 Å². The van der Waals surface area contributed by atoms with Gasteiger partial charge in [0.05, 0.1) is 16.3 Å². The third kappa shape index (κ3) is 3.35. The summed E-state index contributed by atoms with van der Waals surface area (Å²) in [4.78, 5) is 14.2. The van der Waals surface area contributed by atoms with E-state index in [1.807, 2.05) is 6.07 Å². The fraction of sp³-hybridized carbons (Fsp3) is 0.211. The van der Waals surface area contributed by atoms with E-state index >= 15 is 0 Å². The van der Waals surface area contributed by atoms with E-state index in [0.717, 1.165) is 15.8 Å². The summed E-state index contributed by atoms with van der Waals surface area (Å²) in [5, 5.41) is 43.7. The maximum atomic E-state index is 10.8. The van der Waals surface area contributed by atoms with Crippen LogP contribution in [0.25, 0.3) is 0 Å². The van der Waals surface area contributed by atoms with Crippen LogP contribution in [0.1, 0.15) is 0 Å². The van der Waals surface area contributed by atoms with E-state index in [4.69, 9.17) is 11.6 Å². The van der Waals surface area contributed by atoms with Crippen molar-refractivity contribution < 1.29 is 15.3 Å². The number of nitro benzene ring substituents is 1. The van der Waals surface area contributed by atoms with E-state index < -0.39 is 4.92 Å². The van der Waals surface area contributed by atoms with Crippen LogP contribution in [0.4, 0.5) is 22.7 Å². The molecule has 0 unspecified atom stereocenters. The monoisotopic (exact) mass is 428 g/mol. The molecule has 2 aromatic carbocycles. The molecule has 0 atom stereocenters. The molecule has 2 N–H and O–H groups in total. The number of rotatable bonds is 3. The average Bonchev–Trinajstić information content (AvgIpc) is 2.76. The Kier molecular flexibility index (Phi) is 5.09. The lowest BCUT2D eigenvalue weighted by Crippen LogP contribution is -2.50. The van der Waals surface area contributed by atoms with Gasteiger partial charge in [-0.05, 0) is 30.3 Å². The molecule has 11 heteroatoms. The quantitative estimate of drug-likeness (QED) is 0.560. The summed E-state index contributed by atoms with van der Waals surface area (Å²) in [6, 6.07) is 12.9. The molecule has 2 aliphatic heterocycles. The van der Waals surface area contributed by atoms with Gasteiger partial charge in [0.1, 0.15) is 6.07 Å². The summed E-state index contributed by atoms with van der Waals surface area (Å²) in [7, 11) is 0. The zero-order valence-electron chi connectivity index (χ0n) is 15.6. The van der Waals surface area contributed by atoms with E-state index in [1.165, 1.54) is 18.2 Å². The van der Waals surface area contributed by atoms with Gasteiger partial charge in [0.15, 0.2) is 11.5 Å². The Labute approximate surface area is 176 Å². The van der Waals surface area contributed by atoms with Crippen molar-refractivity contribution in [1.29, 1.82) is 5.26 Å². The molecule has 1 fully saturated rings. The van der Waals surface area contributed by atoms with Gasteiger partial charge < -0.3 is 9.80 Å². The van der Waals surface area contributed by atoms with Gasteiger partial charge in [-0.2, -0.15) is 5.26 Å². The van der Waals surface area contributed by atoms with Crippen LogP contribution in [-0.4, -0.2) is 46.4 Å². The fourth-order valence-electron chi connectivity index (χ4n) is 3.62. The lowest BCUT2D eigenvalue weighted by atomic mass is 10.1. The molecule has 0 saturated carbocycles. The summed E-state index contributed by atoms with van der Waals surface area (Å²) in [5.74, 6) is 0.179. The Hall–Kier alpha value is -3.52. The molecular weight excluding hydrogens is 412 g/mol. The minimum atomic E-state index is -0.442. The first-order valence-electron chi connectivity index (χ1n) is 9.07. The third-order valence-corrected chi connectivity index (χ3v) is 5.36. The topological polar surface area (TPSA) is 120 Å². The zero-order chi connectivity index (χ0) is 21.4. The van der Waals surface area contributed by atoms with Crippen molar-refractivity contribution in [3.8, 4) is 6.07 Å². The number of nitriles is 1. The molecule has 0 amide bonds. The van der Waals surface area contributed by atoms with E-state index in [0.29, 0.717) is 36.9 Å². The fourth-order valence-corrected chi connectivity index (χ4v) is 3.78. The van der Waals surface area contributed by atoms with E-state index in [9.17, 15) is 25.8 Å². The molecular formula is C19H17ClN6O4. The summed E-state index contributed by atoms with van der Waals surface area (Å²) in [5.41, 5.74) is 1.27.